The molecule has 0 fully saturated rings. The van der Waals surface area contributed by atoms with Crippen LogP contribution in [0.25, 0.3) is 0 Å². The first-order chi connectivity index (χ1) is 4.43. The van der Waals surface area contributed by atoms with E-state index in [2.05, 4.69) is 18.7 Å². The molecule has 0 radical (unpaired) electrons. The normalized spacial score (nSPS) is 8.89. The Kier molecular flexibility index (Phi) is 2.40. The number of benzene rings is 1. The topological polar surface area (TPSA) is 0 Å². The molecule has 1 aromatic rings. The lowest BCUT2D eigenvalue weighted by atomic mass is 10.4. The first-order valence-electron chi connectivity index (χ1n) is 2.76. The molecule has 1 heteroatoms. The summed E-state index contributed by atoms with van der Waals surface area (Å²) in [5.74, 6) is 0. The molecule has 9 heavy (non-hydrogen) atoms. The van der Waals surface area contributed by atoms with Crippen LogP contribution in [-0.2, 0) is 0 Å². The van der Waals surface area contributed by atoms with Crippen molar-refractivity contribution in [1.29, 1.82) is 0 Å². The summed E-state index contributed by atoms with van der Waals surface area (Å²) < 4.78 is 0. The second kappa shape index (κ2) is 3.36. The zero-order valence-electron chi connectivity index (χ0n) is 5.08. The van der Waals surface area contributed by atoms with E-state index < -0.39 is 0 Å². The van der Waals surface area contributed by atoms with Crippen LogP contribution in [0.3, 0.4) is 0 Å². The van der Waals surface area contributed by atoms with E-state index in [4.69, 9.17) is 0 Å². The third-order valence-corrected chi connectivity index (χ3v) is 1.67. The van der Waals surface area contributed by atoms with Crippen molar-refractivity contribution in [1.82, 2.24) is 0 Å². The standard InChI is InChI=1S/C8H8S/c1-2-9-8-6-4-3-5-7-8/h2-7H,1H2/i2+1. The van der Waals surface area contributed by atoms with E-state index in [-0.39, 0.29) is 0 Å². The van der Waals surface area contributed by atoms with E-state index in [0.29, 0.717) is 0 Å². The lowest BCUT2D eigenvalue weighted by molar-refractivity contribution is 1.47. The summed E-state index contributed by atoms with van der Waals surface area (Å²) in [6, 6.07) is 10.2. The minimum absolute atomic E-state index is 1.24. The van der Waals surface area contributed by atoms with Gasteiger partial charge in [0.1, 0.15) is 0 Å². The van der Waals surface area contributed by atoms with E-state index in [1.807, 2.05) is 23.6 Å². The predicted octanol–water partition coefficient (Wildman–Crippen LogP) is 2.92. The molecule has 0 N–H and O–H groups in total. The van der Waals surface area contributed by atoms with Gasteiger partial charge in [-0.2, -0.15) is 0 Å². The maximum absolute atomic E-state index is 3.62. The molecule has 0 aliphatic heterocycles. The molecule has 0 nitrogen and oxygen atoms in total. The Morgan fingerprint density at radius 1 is 1.22 bits per heavy atom. The van der Waals surface area contributed by atoms with Crippen LogP contribution in [0.5, 0.6) is 0 Å². The van der Waals surface area contributed by atoms with Gasteiger partial charge in [0.05, 0.1) is 0 Å². The fourth-order valence-corrected chi connectivity index (χ4v) is 1.10. The van der Waals surface area contributed by atoms with Crippen LogP contribution in [0.1, 0.15) is 0 Å². The summed E-state index contributed by atoms with van der Waals surface area (Å²) in [7, 11) is 0. The highest BCUT2D eigenvalue weighted by atomic mass is 32.2. The molecule has 0 aliphatic rings. The molecule has 0 saturated heterocycles. The predicted molar refractivity (Wildman–Crippen MR) is 42.5 cm³/mol. The highest BCUT2D eigenvalue weighted by Crippen LogP contribution is 2.16. The summed E-state index contributed by atoms with van der Waals surface area (Å²) in [5.41, 5.74) is 0. The first kappa shape index (κ1) is 6.43. The average Bonchev–Trinajstić information content (AvgIpc) is 1.91. The van der Waals surface area contributed by atoms with Crippen LogP contribution in [0.15, 0.2) is 47.2 Å². The Labute approximate surface area is 59.6 Å². The average molecular weight is 137 g/mol. The van der Waals surface area contributed by atoms with E-state index in [1.54, 1.807) is 11.8 Å². The SMILES string of the molecule is C=[13CH]Sc1ccccc1. The molecule has 0 heterocycles. The van der Waals surface area contributed by atoms with Crippen LogP contribution in [0.4, 0.5) is 0 Å². The first-order valence-corrected chi connectivity index (χ1v) is 3.64. The second-order valence-electron chi connectivity index (χ2n) is 1.60. The molecule has 1 aromatic carbocycles. The Balaban J connectivity index is 2.72. The van der Waals surface area contributed by atoms with Crippen molar-refractivity contribution in [3.8, 4) is 0 Å². The highest BCUT2D eigenvalue weighted by molar-refractivity contribution is 8.02. The molecule has 0 amide bonds. The molecule has 0 spiro atoms. The molecule has 0 aromatic heterocycles. The smallest absolute Gasteiger partial charge is 0.0116 e. The van der Waals surface area contributed by atoms with Crippen LogP contribution in [0, 0.1) is 0 Å². The minimum atomic E-state index is 1.24. The number of rotatable bonds is 2. The third kappa shape index (κ3) is 1.94. The molecule has 1 rings (SSSR count). The van der Waals surface area contributed by atoms with E-state index >= 15 is 0 Å². The van der Waals surface area contributed by atoms with Crippen molar-refractivity contribution in [3.05, 3.63) is 42.3 Å². The summed E-state index contributed by atoms with van der Waals surface area (Å²) in [6.45, 7) is 3.62. The Hall–Kier alpha value is -0.690. The molecule has 46 valence electrons. The van der Waals surface area contributed by atoms with Gasteiger partial charge in [0, 0.05) is 4.90 Å². The van der Waals surface area contributed by atoms with Gasteiger partial charge in [0.15, 0.2) is 0 Å². The zero-order chi connectivity index (χ0) is 6.53. The van der Waals surface area contributed by atoms with Crippen LogP contribution < -0.4 is 0 Å². The lowest BCUT2D eigenvalue weighted by Crippen LogP contribution is -1.62. The molecule has 0 saturated carbocycles. The van der Waals surface area contributed by atoms with Crippen molar-refractivity contribution in [2.24, 2.45) is 0 Å². The van der Waals surface area contributed by atoms with E-state index in [9.17, 15) is 0 Å². The second-order valence-corrected chi connectivity index (χ2v) is 2.64. The zero-order valence-corrected chi connectivity index (χ0v) is 5.90. The third-order valence-electron chi connectivity index (χ3n) is 0.963. The van der Waals surface area contributed by atoms with Crippen LogP contribution >= 0.6 is 11.8 Å². The number of hydrogen-bond donors (Lipinski definition) is 0. The van der Waals surface area contributed by atoms with Gasteiger partial charge in [0.2, 0.25) is 0 Å². The van der Waals surface area contributed by atoms with Gasteiger partial charge >= 0.3 is 0 Å². The Bertz CT molecular complexity index is 179. The van der Waals surface area contributed by atoms with Crippen molar-refractivity contribution in [2.45, 2.75) is 4.90 Å². The lowest BCUT2D eigenvalue weighted by Gasteiger charge is -1.90. The summed E-state index contributed by atoms with van der Waals surface area (Å²) in [5, 5.41) is 1.83. The highest BCUT2D eigenvalue weighted by Gasteiger charge is 1.82. The molecular weight excluding hydrogens is 129 g/mol. The van der Waals surface area contributed by atoms with Gasteiger partial charge in [-0.1, -0.05) is 36.5 Å². The summed E-state index contributed by atoms with van der Waals surface area (Å²) in [6.07, 6.45) is 0. The molecule has 0 bridgehead atoms. The minimum Gasteiger partial charge on any atom is -0.0987 e. The van der Waals surface area contributed by atoms with E-state index in [0.717, 1.165) is 0 Å². The van der Waals surface area contributed by atoms with Crippen LogP contribution in [0.2, 0.25) is 0 Å². The van der Waals surface area contributed by atoms with Crippen molar-refractivity contribution in [3.63, 3.8) is 0 Å². The van der Waals surface area contributed by atoms with Crippen molar-refractivity contribution in [2.75, 3.05) is 0 Å². The van der Waals surface area contributed by atoms with Crippen LogP contribution in [-0.4, -0.2) is 0 Å². The fourth-order valence-electron chi connectivity index (χ4n) is 0.595. The van der Waals surface area contributed by atoms with Gasteiger partial charge in [0.25, 0.3) is 0 Å². The Morgan fingerprint density at radius 2 is 1.89 bits per heavy atom. The quantitative estimate of drug-likeness (QED) is 0.446. The van der Waals surface area contributed by atoms with Crippen molar-refractivity contribution >= 4 is 11.8 Å². The number of hydrogen-bond acceptors (Lipinski definition) is 1. The van der Waals surface area contributed by atoms with Gasteiger partial charge in [-0.25, -0.2) is 0 Å². The summed E-state index contributed by atoms with van der Waals surface area (Å²) in [4.78, 5) is 1.24. The van der Waals surface area contributed by atoms with Gasteiger partial charge in [-0.3, -0.25) is 0 Å². The van der Waals surface area contributed by atoms with E-state index in [1.165, 1.54) is 4.90 Å². The summed E-state index contributed by atoms with van der Waals surface area (Å²) >= 11 is 1.64. The van der Waals surface area contributed by atoms with Gasteiger partial charge in [-0.05, 0) is 17.5 Å². The fraction of sp³-hybridized carbons (Fsp3) is 0. The number of thioether (sulfide) groups is 1. The molecule has 0 unspecified atom stereocenters. The maximum Gasteiger partial charge on any atom is 0.0116 e. The molecule has 0 aliphatic carbocycles. The molecular formula is C8H8S. The monoisotopic (exact) mass is 137 g/mol. The largest absolute Gasteiger partial charge is 0.0987 e. The Morgan fingerprint density at radius 3 is 2.44 bits per heavy atom. The maximum atomic E-state index is 3.62. The van der Waals surface area contributed by atoms with Crippen molar-refractivity contribution < 1.29 is 0 Å². The molecule has 0 atom stereocenters. The van der Waals surface area contributed by atoms with Gasteiger partial charge in [-0.15, -0.1) is 0 Å². The van der Waals surface area contributed by atoms with Gasteiger partial charge < -0.3 is 0 Å².